The van der Waals surface area contributed by atoms with E-state index in [1.54, 1.807) is 12.1 Å². The smallest absolute Gasteiger partial charge is 0.271 e. The molecule has 0 heterocycles. The first-order valence-corrected chi connectivity index (χ1v) is 6.53. The Balaban J connectivity index is 2.19. The highest BCUT2D eigenvalue weighted by Gasteiger charge is 2.14. The van der Waals surface area contributed by atoms with Crippen LogP contribution in [-0.4, -0.2) is 23.3 Å². The van der Waals surface area contributed by atoms with E-state index in [0.717, 1.165) is 0 Å². The van der Waals surface area contributed by atoms with Crippen molar-refractivity contribution in [1.29, 1.82) is 0 Å². The average molecular weight is 315 g/mol. The van der Waals surface area contributed by atoms with Crippen LogP contribution in [0.1, 0.15) is 10.4 Å². The van der Waals surface area contributed by atoms with Crippen LogP contribution in [0.2, 0.25) is 0 Å². The molecule has 0 fully saturated rings. The third-order valence-electron chi connectivity index (χ3n) is 2.82. The fraction of sp³-hybridized carbons (Fsp3) is 0.0667. The maximum absolute atomic E-state index is 12.3. The van der Waals surface area contributed by atoms with Crippen LogP contribution < -0.4 is 15.8 Å². The number of primary amides is 1. The minimum atomic E-state index is -0.668. The Bertz CT molecular complexity index is 760. The van der Waals surface area contributed by atoms with Gasteiger partial charge < -0.3 is 15.8 Å². The van der Waals surface area contributed by atoms with E-state index >= 15 is 0 Å². The number of rotatable bonds is 6. The molecule has 3 N–H and O–H groups in total. The largest absolute Gasteiger partial charge is 0.483 e. The summed E-state index contributed by atoms with van der Waals surface area (Å²) in [7, 11) is 0. The van der Waals surface area contributed by atoms with Gasteiger partial charge in [-0.25, -0.2) is 0 Å². The monoisotopic (exact) mass is 315 g/mol. The maximum Gasteiger partial charge on any atom is 0.271 e. The van der Waals surface area contributed by atoms with E-state index in [1.165, 1.54) is 36.4 Å². The summed E-state index contributed by atoms with van der Waals surface area (Å²) in [6.45, 7) is -0.360. The van der Waals surface area contributed by atoms with Crippen LogP contribution >= 0.6 is 0 Å². The lowest BCUT2D eigenvalue weighted by atomic mass is 10.2. The molecule has 0 bridgehead atoms. The van der Waals surface area contributed by atoms with Gasteiger partial charge in [0.1, 0.15) is 5.75 Å². The molecule has 0 saturated carbocycles. The van der Waals surface area contributed by atoms with E-state index in [9.17, 15) is 19.7 Å². The van der Waals surface area contributed by atoms with Gasteiger partial charge in [0.05, 0.1) is 10.5 Å². The van der Waals surface area contributed by atoms with Crippen molar-refractivity contribution in [3.05, 3.63) is 64.2 Å². The average Bonchev–Trinajstić information content (AvgIpc) is 2.53. The van der Waals surface area contributed by atoms with Crippen LogP contribution in [0.25, 0.3) is 0 Å². The number of nitrogens with two attached hydrogens (primary N) is 1. The van der Waals surface area contributed by atoms with Gasteiger partial charge in [0.25, 0.3) is 17.5 Å². The molecule has 0 atom stereocenters. The number of nitro benzene ring substituents is 1. The van der Waals surface area contributed by atoms with Gasteiger partial charge in [0, 0.05) is 17.8 Å². The first kappa shape index (κ1) is 16.0. The zero-order valence-electron chi connectivity index (χ0n) is 11.9. The van der Waals surface area contributed by atoms with E-state index in [2.05, 4.69) is 5.32 Å². The number of hydrogen-bond donors (Lipinski definition) is 2. The lowest BCUT2D eigenvalue weighted by Crippen LogP contribution is -2.21. The van der Waals surface area contributed by atoms with Gasteiger partial charge in [-0.05, 0) is 18.2 Å². The van der Waals surface area contributed by atoms with E-state index in [-0.39, 0.29) is 29.3 Å². The summed E-state index contributed by atoms with van der Waals surface area (Å²) < 4.78 is 5.18. The molecule has 2 amide bonds. The molecule has 2 rings (SSSR count). The molecular formula is C15H13N3O5. The number of nitrogens with one attached hydrogen (secondary N) is 1. The minimum Gasteiger partial charge on any atom is -0.483 e. The Kier molecular flexibility index (Phi) is 4.88. The third kappa shape index (κ3) is 4.27. The van der Waals surface area contributed by atoms with Crippen LogP contribution in [0.15, 0.2) is 48.5 Å². The van der Waals surface area contributed by atoms with Crippen LogP contribution in [0.5, 0.6) is 5.75 Å². The summed E-state index contributed by atoms with van der Waals surface area (Å²) in [4.78, 5) is 33.2. The molecule has 0 spiro atoms. The number of para-hydroxylation sites is 1. The molecule has 2 aromatic carbocycles. The Morgan fingerprint density at radius 2 is 1.91 bits per heavy atom. The minimum absolute atomic E-state index is 0.138. The van der Waals surface area contributed by atoms with Crippen LogP contribution in [0.4, 0.5) is 11.4 Å². The van der Waals surface area contributed by atoms with Gasteiger partial charge in [0.2, 0.25) is 0 Å². The number of carbonyl (C=O) groups excluding carboxylic acids is 2. The van der Waals surface area contributed by atoms with Crippen molar-refractivity contribution in [2.75, 3.05) is 11.9 Å². The number of non-ortho nitro benzene ring substituents is 1. The van der Waals surface area contributed by atoms with Gasteiger partial charge in [-0.2, -0.15) is 0 Å². The van der Waals surface area contributed by atoms with E-state index in [0.29, 0.717) is 0 Å². The van der Waals surface area contributed by atoms with Gasteiger partial charge in [0.15, 0.2) is 6.61 Å². The number of hydrogen-bond acceptors (Lipinski definition) is 5. The first-order chi connectivity index (χ1) is 11.0. The predicted octanol–water partition coefficient (Wildman–Crippen LogP) is 1.71. The standard InChI is InChI=1S/C15H13N3O5/c16-14(19)9-23-13-7-2-1-6-12(13)15(20)17-10-4-3-5-11(8-10)18(21)22/h1-8H,9H2,(H2,16,19)(H,17,20). The van der Waals surface area contributed by atoms with Crippen LogP contribution in [-0.2, 0) is 4.79 Å². The molecule has 0 unspecified atom stereocenters. The second-order valence-electron chi connectivity index (χ2n) is 4.51. The lowest BCUT2D eigenvalue weighted by Gasteiger charge is -2.10. The highest BCUT2D eigenvalue weighted by atomic mass is 16.6. The highest BCUT2D eigenvalue weighted by Crippen LogP contribution is 2.21. The summed E-state index contributed by atoms with van der Waals surface area (Å²) in [5.41, 5.74) is 5.32. The van der Waals surface area contributed by atoms with E-state index in [1.807, 2.05) is 0 Å². The summed E-state index contributed by atoms with van der Waals surface area (Å²) in [5.74, 6) is -1.00. The fourth-order valence-corrected chi connectivity index (χ4v) is 1.82. The molecule has 0 aliphatic carbocycles. The number of carbonyl (C=O) groups is 2. The number of amides is 2. The summed E-state index contributed by atoms with van der Waals surface area (Å²) in [6.07, 6.45) is 0. The van der Waals surface area contributed by atoms with Crippen molar-refractivity contribution in [2.24, 2.45) is 5.73 Å². The topological polar surface area (TPSA) is 125 Å². The molecule has 8 heteroatoms. The number of benzene rings is 2. The van der Waals surface area contributed by atoms with Crippen molar-refractivity contribution in [2.45, 2.75) is 0 Å². The number of nitro groups is 1. The summed E-state index contributed by atoms with van der Waals surface area (Å²) >= 11 is 0. The first-order valence-electron chi connectivity index (χ1n) is 6.53. The molecule has 0 aliphatic rings. The molecule has 8 nitrogen and oxygen atoms in total. The fourth-order valence-electron chi connectivity index (χ4n) is 1.82. The number of ether oxygens (including phenoxy) is 1. The van der Waals surface area contributed by atoms with Gasteiger partial charge in [-0.15, -0.1) is 0 Å². The summed E-state index contributed by atoms with van der Waals surface area (Å²) in [6, 6.07) is 11.8. The zero-order valence-corrected chi connectivity index (χ0v) is 11.9. The summed E-state index contributed by atoms with van der Waals surface area (Å²) in [5, 5.41) is 13.3. The Morgan fingerprint density at radius 3 is 2.61 bits per heavy atom. The Morgan fingerprint density at radius 1 is 1.17 bits per heavy atom. The molecule has 0 saturated heterocycles. The van der Waals surface area contributed by atoms with Crippen molar-refractivity contribution in [3.63, 3.8) is 0 Å². The van der Waals surface area contributed by atoms with Gasteiger partial charge in [-0.3, -0.25) is 19.7 Å². The van der Waals surface area contributed by atoms with Crippen molar-refractivity contribution in [1.82, 2.24) is 0 Å². The quantitative estimate of drug-likeness (QED) is 0.620. The maximum atomic E-state index is 12.3. The number of anilines is 1. The van der Waals surface area contributed by atoms with E-state index in [4.69, 9.17) is 10.5 Å². The molecule has 23 heavy (non-hydrogen) atoms. The molecular weight excluding hydrogens is 302 g/mol. The highest BCUT2D eigenvalue weighted by molar-refractivity contribution is 6.06. The second kappa shape index (κ2) is 7.03. The Hall–Kier alpha value is -3.42. The SMILES string of the molecule is NC(=O)COc1ccccc1C(=O)Nc1cccc([N+](=O)[O-])c1. The van der Waals surface area contributed by atoms with Crippen LogP contribution in [0.3, 0.4) is 0 Å². The van der Waals surface area contributed by atoms with E-state index < -0.39 is 16.7 Å². The third-order valence-corrected chi connectivity index (χ3v) is 2.82. The lowest BCUT2D eigenvalue weighted by molar-refractivity contribution is -0.384. The van der Waals surface area contributed by atoms with Crippen molar-refractivity contribution >= 4 is 23.2 Å². The Labute approximate surface area is 131 Å². The molecule has 2 aromatic rings. The van der Waals surface area contributed by atoms with Crippen molar-refractivity contribution < 1.29 is 19.2 Å². The predicted molar refractivity (Wildman–Crippen MR) is 82.2 cm³/mol. The van der Waals surface area contributed by atoms with Crippen molar-refractivity contribution in [3.8, 4) is 5.75 Å². The molecule has 0 aromatic heterocycles. The van der Waals surface area contributed by atoms with Gasteiger partial charge in [-0.1, -0.05) is 18.2 Å². The molecule has 0 radical (unpaired) electrons. The molecule has 118 valence electrons. The second-order valence-corrected chi connectivity index (χ2v) is 4.51. The normalized spacial score (nSPS) is 9.91. The zero-order chi connectivity index (χ0) is 16.8. The van der Waals surface area contributed by atoms with Crippen LogP contribution in [0, 0.1) is 10.1 Å². The van der Waals surface area contributed by atoms with Gasteiger partial charge >= 0.3 is 0 Å². The molecule has 0 aliphatic heterocycles. The number of nitrogens with zero attached hydrogens (tertiary/aromatic N) is 1.